The van der Waals surface area contributed by atoms with Gasteiger partial charge in [-0.3, -0.25) is 14.4 Å². The predicted octanol–water partition coefficient (Wildman–Crippen LogP) is 2.78. The summed E-state index contributed by atoms with van der Waals surface area (Å²) in [4.78, 5) is 18.4. The number of hydrogen-bond acceptors (Lipinski definition) is 8. The smallest absolute Gasteiger partial charge is 0.308 e. The van der Waals surface area contributed by atoms with Gasteiger partial charge in [-0.05, 0) is 50.6 Å². The second-order valence-corrected chi connectivity index (χ2v) is 8.30. The number of fused-ring (bicyclic) bond motifs is 3. The van der Waals surface area contributed by atoms with Crippen molar-refractivity contribution in [3.63, 3.8) is 0 Å². The average molecular weight is 426 g/mol. The fraction of sp³-hybridized carbons (Fsp3) is 0.333. The Morgan fingerprint density at radius 2 is 1.93 bits per heavy atom. The SMILES string of the molecule is Cc1sc2c(c1C)C(c1ccc(O)cc1)=NC(CC(=O)OCCO)c1nnc(C)n1-2. The van der Waals surface area contributed by atoms with E-state index in [4.69, 9.17) is 14.8 Å². The Kier molecular flexibility index (Phi) is 5.40. The van der Waals surface area contributed by atoms with Crippen molar-refractivity contribution < 1.29 is 19.7 Å². The summed E-state index contributed by atoms with van der Waals surface area (Å²) in [5, 5.41) is 28.2. The molecule has 0 spiro atoms. The number of nitrogens with zero attached hydrogens (tertiary/aromatic N) is 4. The van der Waals surface area contributed by atoms with Crippen molar-refractivity contribution in [2.75, 3.05) is 13.2 Å². The van der Waals surface area contributed by atoms with Gasteiger partial charge < -0.3 is 14.9 Å². The molecule has 0 fully saturated rings. The number of thiophene rings is 1. The molecule has 0 saturated carbocycles. The van der Waals surface area contributed by atoms with E-state index in [-0.39, 0.29) is 25.4 Å². The third-order valence-electron chi connectivity index (χ3n) is 5.09. The Bertz CT molecular complexity index is 1130. The van der Waals surface area contributed by atoms with E-state index in [0.29, 0.717) is 11.6 Å². The first-order chi connectivity index (χ1) is 14.4. The van der Waals surface area contributed by atoms with Crippen LogP contribution >= 0.6 is 11.3 Å². The summed E-state index contributed by atoms with van der Waals surface area (Å²) in [6.07, 6.45) is -0.0211. The average Bonchev–Trinajstić information content (AvgIpc) is 3.19. The van der Waals surface area contributed by atoms with Crippen molar-refractivity contribution >= 4 is 23.0 Å². The number of esters is 1. The maximum Gasteiger partial charge on any atom is 0.308 e. The predicted molar refractivity (Wildman–Crippen MR) is 113 cm³/mol. The number of phenols is 1. The number of rotatable bonds is 5. The van der Waals surface area contributed by atoms with Crippen molar-refractivity contribution in [2.45, 2.75) is 33.2 Å². The van der Waals surface area contributed by atoms with Gasteiger partial charge in [-0.1, -0.05) is 0 Å². The van der Waals surface area contributed by atoms with Crippen LogP contribution in [-0.4, -0.2) is 49.9 Å². The monoisotopic (exact) mass is 426 g/mol. The summed E-state index contributed by atoms with van der Waals surface area (Å²) in [5.74, 6) is 0.991. The highest BCUT2D eigenvalue weighted by Gasteiger charge is 2.32. The Labute approximate surface area is 177 Å². The van der Waals surface area contributed by atoms with E-state index < -0.39 is 12.0 Å². The lowest BCUT2D eigenvalue weighted by Crippen LogP contribution is -2.15. The third kappa shape index (κ3) is 3.50. The van der Waals surface area contributed by atoms with Crippen LogP contribution in [0.25, 0.3) is 5.00 Å². The number of aromatic nitrogens is 3. The minimum atomic E-state index is -0.597. The second kappa shape index (κ2) is 8.00. The standard InChI is InChI=1S/C21H22N4O4S/c1-11-12(2)30-21-18(11)19(14-4-6-15(27)7-5-14)22-16(10-17(28)29-9-8-26)20-24-23-13(3)25(20)21/h4-7,16,26-27H,8-10H2,1-3H3. The van der Waals surface area contributed by atoms with Crippen LogP contribution < -0.4 is 0 Å². The summed E-state index contributed by atoms with van der Waals surface area (Å²) in [6, 6.07) is 6.26. The highest BCUT2D eigenvalue weighted by Crippen LogP contribution is 2.39. The molecular weight excluding hydrogens is 404 g/mol. The molecule has 1 aromatic carbocycles. The molecular formula is C21H22N4O4S. The van der Waals surface area contributed by atoms with Crippen LogP contribution in [0.1, 0.15) is 45.7 Å². The zero-order valence-electron chi connectivity index (χ0n) is 16.9. The Morgan fingerprint density at radius 3 is 2.63 bits per heavy atom. The number of hydrogen-bond donors (Lipinski definition) is 2. The summed E-state index contributed by atoms with van der Waals surface area (Å²) >= 11 is 1.63. The summed E-state index contributed by atoms with van der Waals surface area (Å²) in [6.45, 7) is 5.69. The Balaban J connectivity index is 1.91. The number of phenolic OH excluding ortho intramolecular Hbond substituents is 1. The van der Waals surface area contributed by atoms with E-state index in [1.54, 1.807) is 23.5 Å². The molecule has 0 radical (unpaired) electrons. The fourth-order valence-corrected chi connectivity index (χ4v) is 4.73. The number of carbonyl (C=O) groups excluding carboxylic acids is 1. The quantitative estimate of drug-likeness (QED) is 0.607. The molecule has 3 aromatic rings. The normalized spacial score (nSPS) is 15.2. The molecule has 1 aliphatic rings. The number of aliphatic hydroxyl groups is 1. The summed E-state index contributed by atoms with van der Waals surface area (Å²) in [7, 11) is 0. The Morgan fingerprint density at radius 1 is 1.20 bits per heavy atom. The van der Waals surface area contributed by atoms with Gasteiger partial charge in [-0.25, -0.2) is 0 Å². The lowest BCUT2D eigenvalue weighted by molar-refractivity contribution is -0.145. The topological polar surface area (TPSA) is 110 Å². The second-order valence-electron chi connectivity index (χ2n) is 7.09. The van der Waals surface area contributed by atoms with Crippen molar-refractivity contribution in [1.29, 1.82) is 0 Å². The minimum Gasteiger partial charge on any atom is -0.508 e. The molecule has 2 N–H and O–H groups in total. The van der Waals surface area contributed by atoms with E-state index in [1.807, 2.05) is 23.6 Å². The first-order valence-electron chi connectivity index (χ1n) is 9.57. The number of aromatic hydroxyl groups is 1. The lowest BCUT2D eigenvalue weighted by atomic mass is 9.99. The van der Waals surface area contributed by atoms with Crippen molar-refractivity contribution in [3.05, 3.63) is 57.5 Å². The van der Waals surface area contributed by atoms with Crippen molar-refractivity contribution in [2.24, 2.45) is 4.99 Å². The molecule has 1 atom stereocenters. The first kappa shape index (κ1) is 20.2. The maximum atomic E-state index is 12.3. The zero-order valence-corrected chi connectivity index (χ0v) is 17.7. The van der Waals surface area contributed by atoms with Gasteiger partial charge in [0.05, 0.1) is 18.7 Å². The number of carbonyl (C=O) groups is 1. The number of ether oxygens (including phenoxy) is 1. The van der Waals surface area contributed by atoms with E-state index in [0.717, 1.165) is 32.3 Å². The van der Waals surface area contributed by atoms with E-state index in [2.05, 4.69) is 24.0 Å². The fourth-order valence-electron chi connectivity index (χ4n) is 3.52. The molecule has 9 heteroatoms. The van der Waals surface area contributed by atoms with Crippen LogP contribution in [0.15, 0.2) is 29.3 Å². The molecule has 1 unspecified atom stereocenters. The third-order valence-corrected chi connectivity index (χ3v) is 6.29. The van der Waals surface area contributed by atoms with Crippen LogP contribution in [0.4, 0.5) is 0 Å². The summed E-state index contributed by atoms with van der Waals surface area (Å²) < 4.78 is 7.03. The maximum absolute atomic E-state index is 12.3. The molecule has 3 heterocycles. The lowest BCUT2D eigenvalue weighted by Gasteiger charge is -2.12. The highest BCUT2D eigenvalue weighted by atomic mass is 32.1. The van der Waals surface area contributed by atoms with Gasteiger partial charge in [-0.2, -0.15) is 0 Å². The van der Waals surface area contributed by atoms with Gasteiger partial charge in [0, 0.05) is 16.0 Å². The van der Waals surface area contributed by atoms with Crippen LogP contribution in [-0.2, 0) is 9.53 Å². The minimum absolute atomic E-state index is 0.0211. The molecule has 0 bridgehead atoms. The number of aliphatic hydroxyl groups excluding tert-OH is 1. The number of aryl methyl sites for hydroxylation is 2. The molecule has 156 valence electrons. The molecule has 0 amide bonds. The van der Waals surface area contributed by atoms with Crippen LogP contribution in [0.3, 0.4) is 0 Å². The van der Waals surface area contributed by atoms with Gasteiger partial charge in [-0.15, -0.1) is 21.5 Å². The number of aliphatic imine (C=N–C) groups is 1. The molecule has 30 heavy (non-hydrogen) atoms. The van der Waals surface area contributed by atoms with Gasteiger partial charge in [0.15, 0.2) is 5.82 Å². The molecule has 0 saturated heterocycles. The highest BCUT2D eigenvalue weighted by molar-refractivity contribution is 7.15. The van der Waals surface area contributed by atoms with Gasteiger partial charge >= 0.3 is 5.97 Å². The van der Waals surface area contributed by atoms with Gasteiger partial charge in [0.1, 0.15) is 29.2 Å². The first-order valence-corrected chi connectivity index (χ1v) is 10.4. The zero-order chi connectivity index (χ0) is 21.4. The van der Waals surface area contributed by atoms with E-state index in [1.165, 1.54) is 0 Å². The van der Waals surface area contributed by atoms with E-state index >= 15 is 0 Å². The molecule has 1 aliphatic heterocycles. The molecule has 2 aromatic heterocycles. The van der Waals surface area contributed by atoms with Crippen molar-refractivity contribution in [3.8, 4) is 10.8 Å². The van der Waals surface area contributed by atoms with Gasteiger partial charge in [0.25, 0.3) is 0 Å². The largest absolute Gasteiger partial charge is 0.508 e. The van der Waals surface area contributed by atoms with Crippen LogP contribution in [0, 0.1) is 20.8 Å². The van der Waals surface area contributed by atoms with Gasteiger partial charge in [0.2, 0.25) is 0 Å². The molecule has 0 aliphatic carbocycles. The molecule has 8 nitrogen and oxygen atoms in total. The Hall–Kier alpha value is -3.04. The van der Waals surface area contributed by atoms with Crippen molar-refractivity contribution in [1.82, 2.24) is 14.8 Å². The van der Waals surface area contributed by atoms with E-state index in [9.17, 15) is 9.90 Å². The summed E-state index contributed by atoms with van der Waals surface area (Å²) in [5.41, 5.74) is 3.64. The molecule has 4 rings (SSSR count). The van der Waals surface area contributed by atoms with Crippen LogP contribution in [0.2, 0.25) is 0 Å². The number of benzene rings is 1. The van der Waals surface area contributed by atoms with Crippen LogP contribution in [0.5, 0.6) is 5.75 Å².